The maximum atomic E-state index is 12.6. The smallest absolute Gasteiger partial charge is 0.251 e. The third kappa shape index (κ3) is 4.34. The Morgan fingerprint density at radius 2 is 1.63 bits per heavy atom. The Bertz CT molecular complexity index is 774. The van der Waals surface area contributed by atoms with E-state index in [0.717, 1.165) is 24.0 Å². The van der Waals surface area contributed by atoms with E-state index in [2.05, 4.69) is 5.32 Å². The Balaban J connectivity index is 1.87. The van der Waals surface area contributed by atoms with Crippen molar-refractivity contribution in [1.29, 1.82) is 0 Å². The van der Waals surface area contributed by atoms with Crippen LogP contribution in [-0.4, -0.2) is 46.5 Å². The van der Waals surface area contributed by atoms with Crippen molar-refractivity contribution in [2.45, 2.75) is 18.9 Å². The van der Waals surface area contributed by atoms with E-state index in [-0.39, 0.29) is 11.9 Å². The second-order valence-corrected chi connectivity index (χ2v) is 6.35. The van der Waals surface area contributed by atoms with Gasteiger partial charge in [0.05, 0.1) is 21.3 Å². The highest BCUT2D eigenvalue weighted by atomic mass is 16.5. The van der Waals surface area contributed by atoms with Crippen molar-refractivity contribution in [3.05, 3.63) is 42.0 Å². The van der Waals surface area contributed by atoms with Crippen LogP contribution in [0.1, 0.15) is 23.2 Å². The summed E-state index contributed by atoms with van der Waals surface area (Å²) in [4.78, 5) is 12.6. The van der Waals surface area contributed by atoms with Gasteiger partial charge in [-0.05, 0) is 48.2 Å². The van der Waals surface area contributed by atoms with E-state index in [1.807, 2.05) is 36.4 Å². The summed E-state index contributed by atoms with van der Waals surface area (Å²) in [5.74, 6) is 1.61. The third-order valence-electron chi connectivity index (χ3n) is 4.68. The molecule has 6 heteroatoms. The molecule has 0 aliphatic carbocycles. The molecule has 27 heavy (non-hydrogen) atoms. The maximum absolute atomic E-state index is 12.6. The fourth-order valence-corrected chi connectivity index (χ4v) is 3.20. The first-order chi connectivity index (χ1) is 13.2. The number of hydrogen-bond acceptors (Lipinski definition) is 5. The van der Waals surface area contributed by atoms with Gasteiger partial charge in [0.2, 0.25) is 5.75 Å². The van der Waals surface area contributed by atoms with Crippen LogP contribution in [0, 0.1) is 0 Å². The van der Waals surface area contributed by atoms with Gasteiger partial charge < -0.3 is 24.3 Å². The number of amides is 1. The minimum absolute atomic E-state index is 0.0730. The summed E-state index contributed by atoms with van der Waals surface area (Å²) < 4.78 is 21.6. The van der Waals surface area contributed by atoms with Crippen LogP contribution < -0.4 is 19.5 Å². The number of rotatable bonds is 6. The second kappa shape index (κ2) is 8.77. The van der Waals surface area contributed by atoms with Crippen molar-refractivity contribution in [1.82, 2.24) is 5.32 Å². The van der Waals surface area contributed by atoms with E-state index >= 15 is 0 Å². The van der Waals surface area contributed by atoms with Crippen molar-refractivity contribution < 1.29 is 23.7 Å². The van der Waals surface area contributed by atoms with Crippen LogP contribution in [0.5, 0.6) is 17.2 Å². The van der Waals surface area contributed by atoms with E-state index in [4.69, 9.17) is 18.9 Å². The fourth-order valence-electron chi connectivity index (χ4n) is 3.20. The quantitative estimate of drug-likeness (QED) is 0.844. The van der Waals surface area contributed by atoms with Gasteiger partial charge in [0, 0.05) is 24.8 Å². The zero-order chi connectivity index (χ0) is 19.2. The van der Waals surface area contributed by atoms with Gasteiger partial charge in [-0.1, -0.05) is 12.1 Å². The summed E-state index contributed by atoms with van der Waals surface area (Å²) in [5, 5.41) is 3.09. The number of hydrogen-bond donors (Lipinski definition) is 1. The molecule has 0 unspecified atom stereocenters. The van der Waals surface area contributed by atoms with Gasteiger partial charge in [0.15, 0.2) is 11.5 Å². The monoisotopic (exact) mass is 371 g/mol. The Morgan fingerprint density at radius 1 is 0.963 bits per heavy atom. The predicted octanol–water partition coefficient (Wildman–Crippen LogP) is 3.29. The highest BCUT2D eigenvalue weighted by molar-refractivity contribution is 5.95. The number of benzene rings is 2. The molecular formula is C21H25NO5. The van der Waals surface area contributed by atoms with Gasteiger partial charge in [0.25, 0.3) is 5.91 Å². The van der Waals surface area contributed by atoms with E-state index < -0.39 is 0 Å². The van der Waals surface area contributed by atoms with Gasteiger partial charge in [-0.2, -0.15) is 0 Å². The van der Waals surface area contributed by atoms with Gasteiger partial charge in [0.1, 0.15) is 0 Å². The molecule has 1 N–H and O–H groups in total. The molecule has 0 saturated carbocycles. The zero-order valence-corrected chi connectivity index (χ0v) is 15.9. The highest BCUT2D eigenvalue weighted by Gasteiger charge is 2.18. The average molecular weight is 371 g/mol. The summed E-state index contributed by atoms with van der Waals surface area (Å²) in [5.41, 5.74) is 2.40. The molecular weight excluding hydrogens is 346 g/mol. The van der Waals surface area contributed by atoms with E-state index in [9.17, 15) is 4.79 Å². The lowest BCUT2D eigenvalue weighted by Gasteiger charge is -2.23. The van der Waals surface area contributed by atoms with Crippen LogP contribution in [0.25, 0.3) is 11.1 Å². The minimum Gasteiger partial charge on any atom is -0.493 e. The summed E-state index contributed by atoms with van der Waals surface area (Å²) in [6, 6.07) is 11.4. The van der Waals surface area contributed by atoms with E-state index in [1.165, 1.54) is 0 Å². The zero-order valence-electron chi connectivity index (χ0n) is 15.9. The predicted molar refractivity (Wildman–Crippen MR) is 103 cm³/mol. The summed E-state index contributed by atoms with van der Waals surface area (Å²) in [6.45, 7) is 1.38. The lowest BCUT2D eigenvalue weighted by molar-refractivity contribution is 0.0696. The maximum Gasteiger partial charge on any atom is 0.251 e. The molecule has 1 fully saturated rings. The normalized spacial score (nSPS) is 14.5. The van der Waals surface area contributed by atoms with Crippen LogP contribution in [0.3, 0.4) is 0 Å². The first kappa shape index (κ1) is 19.0. The standard InChI is InChI=1S/C21H25NO5/c1-24-18-12-16(13-19(25-2)20(18)26-3)14-5-4-6-15(11-14)21(23)22-17-7-9-27-10-8-17/h4-6,11-13,17H,7-10H2,1-3H3,(H,22,23). The third-order valence-corrected chi connectivity index (χ3v) is 4.68. The van der Waals surface area contributed by atoms with E-state index in [1.54, 1.807) is 21.3 Å². The summed E-state index contributed by atoms with van der Waals surface area (Å²) in [7, 11) is 4.74. The highest BCUT2D eigenvalue weighted by Crippen LogP contribution is 2.41. The van der Waals surface area contributed by atoms with E-state index in [0.29, 0.717) is 36.0 Å². The number of methoxy groups -OCH3 is 3. The molecule has 3 rings (SSSR count). The molecule has 1 aliphatic heterocycles. The van der Waals surface area contributed by atoms with Crippen molar-refractivity contribution in [2.75, 3.05) is 34.5 Å². The molecule has 1 aliphatic rings. The number of ether oxygens (including phenoxy) is 4. The molecule has 0 radical (unpaired) electrons. The summed E-state index contributed by atoms with van der Waals surface area (Å²) in [6.07, 6.45) is 1.69. The van der Waals surface area contributed by atoms with Crippen molar-refractivity contribution in [2.24, 2.45) is 0 Å². The first-order valence-electron chi connectivity index (χ1n) is 8.95. The number of carbonyl (C=O) groups excluding carboxylic acids is 1. The largest absolute Gasteiger partial charge is 0.493 e. The molecule has 6 nitrogen and oxygen atoms in total. The SMILES string of the molecule is COc1cc(-c2cccc(C(=O)NC3CCOCC3)c2)cc(OC)c1OC. The molecule has 2 aromatic carbocycles. The Labute approximate surface area is 159 Å². The lowest BCUT2D eigenvalue weighted by Crippen LogP contribution is -2.38. The first-order valence-corrected chi connectivity index (χ1v) is 8.95. The molecule has 0 atom stereocenters. The number of nitrogens with one attached hydrogen (secondary N) is 1. The Kier molecular flexibility index (Phi) is 6.19. The molecule has 1 heterocycles. The minimum atomic E-state index is -0.0730. The second-order valence-electron chi connectivity index (χ2n) is 6.35. The molecule has 0 aromatic heterocycles. The van der Waals surface area contributed by atoms with Crippen molar-refractivity contribution in [3.8, 4) is 28.4 Å². The van der Waals surface area contributed by atoms with Crippen molar-refractivity contribution in [3.63, 3.8) is 0 Å². The van der Waals surface area contributed by atoms with Crippen LogP contribution in [0.15, 0.2) is 36.4 Å². The fraction of sp³-hybridized carbons (Fsp3) is 0.381. The molecule has 144 valence electrons. The lowest BCUT2D eigenvalue weighted by atomic mass is 10.0. The van der Waals surface area contributed by atoms with Gasteiger partial charge in [-0.25, -0.2) is 0 Å². The van der Waals surface area contributed by atoms with Gasteiger partial charge >= 0.3 is 0 Å². The Hall–Kier alpha value is -2.73. The topological polar surface area (TPSA) is 66.0 Å². The van der Waals surface area contributed by atoms with Crippen LogP contribution >= 0.6 is 0 Å². The molecule has 2 aromatic rings. The molecule has 0 bridgehead atoms. The number of carbonyl (C=O) groups is 1. The van der Waals surface area contributed by atoms with Crippen molar-refractivity contribution >= 4 is 5.91 Å². The van der Waals surface area contributed by atoms with Gasteiger partial charge in [-0.3, -0.25) is 4.79 Å². The molecule has 1 amide bonds. The van der Waals surface area contributed by atoms with Gasteiger partial charge in [-0.15, -0.1) is 0 Å². The molecule has 0 spiro atoms. The molecule has 1 saturated heterocycles. The van der Waals surface area contributed by atoms with Crippen LogP contribution in [0.4, 0.5) is 0 Å². The van der Waals surface area contributed by atoms with Crippen LogP contribution in [0.2, 0.25) is 0 Å². The van der Waals surface area contributed by atoms with Crippen LogP contribution in [-0.2, 0) is 4.74 Å². The average Bonchev–Trinajstić information content (AvgIpc) is 2.73. The summed E-state index contributed by atoms with van der Waals surface area (Å²) >= 11 is 0. The Morgan fingerprint density at radius 3 is 2.22 bits per heavy atom.